The third kappa shape index (κ3) is 4.41. The summed E-state index contributed by atoms with van der Waals surface area (Å²) in [5.41, 5.74) is -0.0738. The van der Waals surface area contributed by atoms with Gasteiger partial charge in [-0.05, 0) is 36.4 Å². The molecular formula is C14H10F3N3O. The van der Waals surface area contributed by atoms with E-state index in [1.807, 2.05) is 0 Å². The first kappa shape index (κ1) is 14.7. The van der Waals surface area contributed by atoms with Gasteiger partial charge in [0.2, 0.25) is 0 Å². The monoisotopic (exact) mass is 293 g/mol. The van der Waals surface area contributed by atoms with Crippen LogP contribution in [0.25, 0.3) is 0 Å². The molecule has 2 aromatic rings. The molecule has 0 fully saturated rings. The number of benzene rings is 2. The van der Waals surface area contributed by atoms with E-state index in [0.717, 1.165) is 24.3 Å². The van der Waals surface area contributed by atoms with Crippen LogP contribution in [0.15, 0.2) is 64.8 Å². The summed E-state index contributed by atoms with van der Waals surface area (Å²) in [5, 5.41) is 9.41. The fourth-order valence-corrected chi connectivity index (χ4v) is 1.49. The minimum absolute atomic E-state index is 0.159. The number of alkyl halides is 3. The van der Waals surface area contributed by atoms with Crippen molar-refractivity contribution in [3.8, 4) is 0 Å². The Bertz CT molecular complexity index is 637. The molecule has 4 nitrogen and oxygen atoms in total. The Morgan fingerprint density at radius 3 is 2.14 bits per heavy atom. The predicted octanol–water partition coefficient (Wildman–Crippen LogP) is 5.02. The average Bonchev–Trinajstić information content (AvgIpc) is 2.46. The lowest BCUT2D eigenvalue weighted by Gasteiger charge is -2.05. The summed E-state index contributed by atoms with van der Waals surface area (Å²) in [6.45, 7) is 0. The van der Waals surface area contributed by atoms with E-state index in [9.17, 15) is 18.0 Å². The number of nitrogens with one attached hydrogen (secondary N) is 1. The zero-order chi connectivity index (χ0) is 15.3. The smallest absolute Gasteiger partial charge is 0.305 e. The van der Waals surface area contributed by atoms with Crippen molar-refractivity contribution in [3.05, 3.63) is 60.2 Å². The third-order valence-corrected chi connectivity index (χ3v) is 2.48. The Balaban J connectivity index is 1.99. The number of amides is 2. The number of anilines is 1. The van der Waals surface area contributed by atoms with E-state index in [-0.39, 0.29) is 5.69 Å². The molecule has 0 spiro atoms. The molecule has 2 rings (SSSR count). The molecule has 21 heavy (non-hydrogen) atoms. The van der Waals surface area contributed by atoms with Crippen molar-refractivity contribution in [3.63, 3.8) is 0 Å². The van der Waals surface area contributed by atoms with Crippen LogP contribution in [0.5, 0.6) is 0 Å². The van der Waals surface area contributed by atoms with Gasteiger partial charge in [-0.15, -0.1) is 5.11 Å². The van der Waals surface area contributed by atoms with Gasteiger partial charge in [-0.25, -0.2) is 4.79 Å². The number of rotatable bonds is 2. The van der Waals surface area contributed by atoms with Crippen LogP contribution in [0, 0.1) is 0 Å². The number of para-hydroxylation sites is 1. The van der Waals surface area contributed by atoms with Gasteiger partial charge in [0.25, 0.3) is 0 Å². The quantitative estimate of drug-likeness (QED) is 0.776. The van der Waals surface area contributed by atoms with E-state index in [0.29, 0.717) is 5.69 Å². The molecule has 2 amide bonds. The summed E-state index contributed by atoms with van der Waals surface area (Å²) in [4.78, 5) is 11.5. The maximum absolute atomic E-state index is 12.4. The van der Waals surface area contributed by atoms with Crippen LogP contribution in [-0.2, 0) is 6.18 Å². The van der Waals surface area contributed by atoms with Crippen molar-refractivity contribution in [1.82, 2.24) is 0 Å². The van der Waals surface area contributed by atoms with Crippen LogP contribution >= 0.6 is 0 Å². The first-order valence-corrected chi connectivity index (χ1v) is 5.90. The molecule has 0 aliphatic carbocycles. The lowest BCUT2D eigenvalue weighted by molar-refractivity contribution is -0.137. The van der Waals surface area contributed by atoms with Gasteiger partial charge in [-0.2, -0.15) is 13.2 Å². The Morgan fingerprint density at radius 1 is 0.952 bits per heavy atom. The molecular weight excluding hydrogens is 283 g/mol. The first-order chi connectivity index (χ1) is 9.95. The van der Waals surface area contributed by atoms with Crippen LogP contribution in [0.1, 0.15) is 5.56 Å². The molecule has 0 aliphatic rings. The zero-order valence-corrected chi connectivity index (χ0v) is 10.6. The van der Waals surface area contributed by atoms with Gasteiger partial charge >= 0.3 is 12.2 Å². The lowest BCUT2D eigenvalue weighted by Crippen LogP contribution is -2.05. The highest BCUT2D eigenvalue weighted by Crippen LogP contribution is 2.30. The van der Waals surface area contributed by atoms with E-state index in [1.54, 1.807) is 30.3 Å². The normalized spacial score (nSPS) is 11.6. The highest BCUT2D eigenvalue weighted by atomic mass is 19.4. The molecule has 0 aromatic heterocycles. The number of carbonyl (C=O) groups excluding carboxylic acids is 1. The second kappa shape index (κ2) is 6.17. The van der Waals surface area contributed by atoms with E-state index in [4.69, 9.17) is 0 Å². The second-order valence-corrected chi connectivity index (χ2v) is 4.04. The summed E-state index contributed by atoms with van der Waals surface area (Å²) in [6, 6.07) is 11.9. The summed E-state index contributed by atoms with van der Waals surface area (Å²) >= 11 is 0. The van der Waals surface area contributed by atoms with Crippen LogP contribution in [0.4, 0.5) is 29.3 Å². The van der Waals surface area contributed by atoms with Crippen molar-refractivity contribution in [2.24, 2.45) is 10.2 Å². The minimum atomic E-state index is -4.40. The van der Waals surface area contributed by atoms with Crippen LogP contribution in [0.3, 0.4) is 0 Å². The summed E-state index contributed by atoms with van der Waals surface area (Å²) in [7, 11) is 0. The summed E-state index contributed by atoms with van der Waals surface area (Å²) < 4.78 is 37.1. The van der Waals surface area contributed by atoms with Crippen molar-refractivity contribution in [1.29, 1.82) is 0 Å². The Hall–Kier alpha value is -2.70. The molecule has 1 N–H and O–H groups in total. The Morgan fingerprint density at radius 2 is 1.57 bits per heavy atom. The standard InChI is InChI=1S/C14H10F3N3O/c15-14(16,17)10-6-8-12(9-7-10)19-20-13(21)18-11-4-2-1-3-5-11/h1-9H,(H,18,21). The number of carbonyl (C=O) groups is 1. The van der Waals surface area contributed by atoms with Crippen molar-refractivity contribution < 1.29 is 18.0 Å². The summed E-state index contributed by atoms with van der Waals surface area (Å²) in [5.74, 6) is 0. The molecule has 0 bridgehead atoms. The molecule has 7 heteroatoms. The van der Waals surface area contributed by atoms with Crippen LogP contribution in [0.2, 0.25) is 0 Å². The molecule has 0 saturated carbocycles. The van der Waals surface area contributed by atoms with Crippen molar-refractivity contribution in [2.75, 3.05) is 5.32 Å². The third-order valence-electron chi connectivity index (χ3n) is 2.48. The largest absolute Gasteiger partial charge is 0.416 e. The van der Waals surface area contributed by atoms with Crippen LogP contribution < -0.4 is 5.32 Å². The highest BCUT2D eigenvalue weighted by Gasteiger charge is 2.29. The van der Waals surface area contributed by atoms with Gasteiger partial charge in [0.15, 0.2) is 0 Å². The molecule has 108 valence electrons. The van der Waals surface area contributed by atoms with Crippen molar-refractivity contribution in [2.45, 2.75) is 6.18 Å². The van der Waals surface area contributed by atoms with Crippen LogP contribution in [-0.4, -0.2) is 6.03 Å². The summed E-state index contributed by atoms with van der Waals surface area (Å²) in [6.07, 6.45) is -4.40. The molecule has 0 aliphatic heterocycles. The number of nitrogens with zero attached hydrogens (tertiary/aromatic N) is 2. The predicted molar refractivity (Wildman–Crippen MR) is 71.4 cm³/mol. The SMILES string of the molecule is O=C(N=Nc1ccc(C(F)(F)F)cc1)Nc1ccccc1. The zero-order valence-electron chi connectivity index (χ0n) is 10.6. The van der Waals surface area contributed by atoms with Crippen molar-refractivity contribution >= 4 is 17.4 Å². The molecule has 0 saturated heterocycles. The van der Waals surface area contributed by atoms with Gasteiger partial charge in [0.1, 0.15) is 0 Å². The van der Waals surface area contributed by atoms with Gasteiger partial charge in [-0.1, -0.05) is 23.3 Å². The molecule has 0 unspecified atom stereocenters. The number of urea groups is 1. The van der Waals surface area contributed by atoms with E-state index in [1.165, 1.54) is 0 Å². The molecule has 0 heterocycles. The fraction of sp³-hybridized carbons (Fsp3) is 0.0714. The first-order valence-electron chi connectivity index (χ1n) is 5.90. The van der Waals surface area contributed by atoms with Gasteiger partial charge in [0.05, 0.1) is 11.3 Å². The number of hydrogen-bond acceptors (Lipinski definition) is 2. The van der Waals surface area contributed by atoms with Gasteiger partial charge in [-0.3, -0.25) is 0 Å². The highest BCUT2D eigenvalue weighted by molar-refractivity contribution is 5.89. The number of azo groups is 1. The Labute approximate surface area is 118 Å². The number of hydrogen-bond donors (Lipinski definition) is 1. The second-order valence-electron chi connectivity index (χ2n) is 4.04. The molecule has 0 atom stereocenters. The fourth-order valence-electron chi connectivity index (χ4n) is 1.49. The lowest BCUT2D eigenvalue weighted by atomic mass is 10.2. The van der Waals surface area contributed by atoms with E-state index >= 15 is 0 Å². The van der Waals surface area contributed by atoms with Gasteiger partial charge < -0.3 is 5.32 Å². The maximum Gasteiger partial charge on any atom is 0.416 e. The molecule has 2 aromatic carbocycles. The topological polar surface area (TPSA) is 53.8 Å². The Kier molecular flexibility index (Phi) is 4.32. The van der Waals surface area contributed by atoms with Gasteiger partial charge in [0, 0.05) is 5.69 Å². The molecule has 0 radical (unpaired) electrons. The number of halogens is 3. The minimum Gasteiger partial charge on any atom is -0.305 e. The maximum atomic E-state index is 12.4. The van der Waals surface area contributed by atoms with E-state index < -0.39 is 17.8 Å². The van der Waals surface area contributed by atoms with E-state index in [2.05, 4.69) is 15.5 Å². The average molecular weight is 293 g/mol.